The van der Waals surface area contributed by atoms with Crippen LogP contribution < -0.4 is 10.0 Å². The highest BCUT2D eigenvalue weighted by Gasteiger charge is 2.15. The predicted molar refractivity (Wildman–Crippen MR) is 77.9 cm³/mol. The van der Waals surface area contributed by atoms with Crippen molar-refractivity contribution in [2.75, 3.05) is 43.2 Å². The molecule has 0 radical (unpaired) electrons. The highest BCUT2D eigenvalue weighted by molar-refractivity contribution is 7.92. The molecule has 2 N–H and O–H groups in total. The lowest BCUT2D eigenvalue weighted by Gasteiger charge is -2.26. The van der Waals surface area contributed by atoms with Gasteiger partial charge < -0.3 is 5.32 Å². The average Bonchev–Trinajstić information content (AvgIpc) is 2.42. The Kier molecular flexibility index (Phi) is 4.95. The van der Waals surface area contributed by atoms with Crippen molar-refractivity contribution in [2.45, 2.75) is 6.92 Å². The Labute approximate surface area is 119 Å². The second-order valence-corrected chi connectivity index (χ2v) is 6.82. The first-order valence-electron chi connectivity index (χ1n) is 6.66. The lowest BCUT2D eigenvalue weighted by molar-refractivity contribution is 0.254. The molecule has 1 aromatic rings. The number of anilines is 1. The smallest absolute Gasteiger partial charge is 0.233 e. The molecule has 0 aliphatic carbocycles. The van der Waals surface area contributed by atoms with Crippen LogP contribution in [0.5, 0.6) is 0 Å². The number of aryl methyl sites for hydroxylation is 1. The van der Waals surface area contributed by atoms with Crippen LogP contribution in [-0.4, -0.2) is 51.8 Å². The third-order valence-corrected chi connectivity index (χ3v) is 4.58. The summed E-state index contributed by atoms with van der Waals surface area (Å²) in [4.78, 5) is 2.12. The van der Waals surface area contributed by atoms with Crippen LogP contribution in [0.1, 0.15) is 5.56 Å². The largest absolute Gasteiger partial charge is 0.314 e. The zero-order valence-corrected chi connectivity index (χ0v) is 12.3. The Hall–Kier alpha value is -1.18. The van der Waals surface area contributed by atoms with Crippen molar-refractivity contribution in [2.24, 2.45) is 0 Å². The van der Waals surface area contributed by atoms with Gasteiger partial charge in [-0.3, -0.25) is 9.62 Å². The number of nitrogens with one attached hydrogen (secondary N) is 2. The Balaban J connectivity index is 1.91. The van der Waals surface area contributed by atoms with E-state index in [0.29, 0.717) is 17.8 Å². The molecule has 112 valence electrons. The Morgan fingerprint density at radius 3 is 2.70 bits per heavy atom. The van der Waals surface area contributed by atoms with Crippen molar-refractivity contribution in [3.05, 3.63) is 29.6 Å². The number of nitrogens with zero attached hydrogens (tertiary/aromatic N) is 1. The second kappa shape index (κ2) is 6.51. The van der Waals surface area contributed by atoms with Gasteiger partial charge in [-0.2, -0.15) is 0 Å². The summed E-state index contributed by atoms with van der Waals surface area (Å²) >= 11 is 0. The number of hydrogen-bond acceptors (Lipinski definition) is 4. The molecule has 5 nitrogen and oxygen atoms in total. The first-order chi connectivity index (χ1) is 9.46. The molecule has 0 saturated carbocycles. The normalized spacial score (nSPS) is 17.1. The fourth-order valence-electron chi connectivity index (χ4n) is 2.12. The standard InChI is InChI=1S/C13H20FN3O2S/c1-11-10-12(2-3-13(11)14)16-20(18,19)9-8-17-6-4-15-5-7-17/h2-3,10,15-16H,4-9H2,1H3. The van der Waals surface area contributed by atoms with Gasteiger partial charge in [0.15, 0.2) is 0 Å². The molecule has 2 rings (SSSR count). The van der Waals surface area contributed by atoms with Gasteiger partial charge in [0.25, 0.3) is 0 Å². The van der Waals surface area contributed by atoms with Crippen molar-refractivity contribution in [3.8, 4) is 0 Å². The van der Waals surface area contributed by atoms with Crippen molar-refractivity contribution < 1.29 is 12.8 Å². The summed E-state index contributed by atoms with van der Waals surface area (Å²) in [6.07, 6.45) is 0. The maximum atomic E-state index is 13.1. The molecule has 1 aliphatic heterocycles. The van der Waals surface area contributed by atoms with E-state index in [2.05, 4.69) is 14.9 Å². The summed E-state index contributed by atoms with van der Waals surface area (Å²) in [6.45, 7) is 5.64. The van der Waals surface area contributed by atoms with E-state index in [-0.39, 0.29) is 11.6 Å². The zero-order valence-electron chi connectivity index (χ0n) is 11.5. The maximum absolute atomic E-state index is 13.1. The van der Waals surface area contributed by atoms with Crippen LogP contribution in [0.25, 0.3) is 0 Å². The molecular formula is C13H20FN3O2S. The number of hydrogen-bond donors (Lipinski definition) is 2. The molecule has 1 aliphatic rings. The van der Waals surface area contributed by atoms with Gasteiger partial charge in [-0.05, 0) is 30.7 Å². The molecule has 1 saturated heterocycles. The van der Waals surface area contributed by atoms with Crippen LogP contribution in [0.4, 0.5) is 10.1 Å². The van der Waals surface area contributed by atoms with E-state index < -0.39 is 10.0 Å². The van der Waals surface area contributed by atoms with Gasteiger partial charge in [0.1, 0.15) is 5.82 Å². The Bertz CT molecular complexity index is 557. The maximum Gasteiger partial charge on any atom is 0.233 e. The highest BCUT2D eigenvalue weighted by Crippen LogP contribution is 2.15. The summed E-state index contributed by atoms with van der Waals surface area (Å²) in [5, 5.41) is 3.22. The molecule has 20 heavy (non-hydrogen) atoms. The monoisotopic (exact) mass is 301 g/mol. The van der Waals surface area contributed by atoms with Gasteiger partial charge >= 0.3 is 0 Å². The van der Waals surface area contributed by atoms with Crippen LogP contribution in [0.15, 0.2) is 18.2 Å². The molecule has 0 bridgehead atoms. The number of piperazine rings is 1. The van der Waals surface area contributed by atoms with Gasteiger partial charge in [0.05, 0.1) is 5.75 Å². The van der Waals surface area contributed by atoms with Crippen molar-refractivity contribution in [3.63, 3.8) is 0 Å². The number of benzene rings is 1. The van der Waals surface area contributed by atoms with E-state index in [0.717, 1.165) is 26.2 Å². The molecular weight excluding hydrogens is 281 g/mol. The van der Waals surface area contributed by atoms with E-state index in [1.165, 1.54) is 18.2 Å². The Morgan fingerprint density at radius 2 is 2.05 bits per heavy atom. The lowest BCUT2D eigenvalue weighted by atomic mass is 10.2. The van der Waals surface area contributed by atoms with Crippen molar-refractivity contribution in [1.29, 1.82) is 0 Å². The Morgan fingerprint density at radius 1 is 1.35 bits per heavy atom. The summed E-state index contributed by atoms with van der Waals surface area (Å²) in [5.41, 5.74) is 0.830. The average molecular weight is 301 g/mol. The first-order valence-corrected chi connectivity index (χ1v) is 8.31. The minimum atomic E-state index is -3.40. The highest BCUT2D eigenvalue weighted by atomic mass is 32.2. The van der Waals surface area contributed by atoms with Gasteiger partial charge in [-0.25, -0.2) is 12.8 Å². The molecule has 0 aromatic heterocycles. The minimum absolute atomic E-state index is 0.0451. The third-order valence-electron chi connectivity index (χ3n) is 3.32. The summed E-state index contributed by atoms with van der Waals surface area (Å²) in [6, 6.07) is 4.20. The van der Waals surface area contributed by atoms with Crippen LogP contribution >= 0.6 is 0 Å². The van der Waals surface area contributed by atoms with Crippen LogP contribution in [-0.2, 0) is 10.0 Å². The fourth-order valence-corrected chi connectivity index (χ4v) is 3.21. The van der Waals surface area contributed by atoms with E-state index >= 15 is 0 Å². The second-order valence-electron chi connectivity index (χ2n) is 4.98. The van der Waals surface area contributed by atoms with E-state index in [1.807, 2.05) is 0 Å². The number of rotatable bonds is 5. The zero-order chi connectivity index (χ0) is 14.6. The van der Waals surface area contributed by atoms with Crippen LogP contribution in [0.2, 0.25) is 0 Å². The molecule has 1 aromatic carbocycles. The van der Waals surface area contributed by atoms with Gasteiger partial charge in [-0.1, -0.05) is 0 Å². The van der Waals surface area contributed by atoms with E-state index in [4.69, 9.17) is 0 Å². The SMILES string of the molecule is Cc1cc(NS(=O)(=O)CCN2CCNCC2)ccc1F. The molecule has 0 amide bonds. The van der Waals surface area contributed by atoms with Gasteiger partial charge in [0, 0.05) is 38.4 Å². The summed E-state index contributed by atoms with van der Waals surface area (Å²) in [7, 11) is -3.40. The third kappa shape index (κ3) is 4.43. The molecule has 0 spiro atoms. The minimum Gasteiger partial charge on any atom is -0.314 e. The fraction of sp³-hybridized carbons (Fsp3) is 0.538. The van der Waals surface area contributed by atoms with Crippen molar-refractivity contribution in [1.82, 2.24) is 10.2 Å². The lowest BCUT2D eigenvalue weighted by Crippen LogP contribution is -2.45. The number of sulfonamides is 1. The molecule has 7 heteroatoms. The summed E-state index contributed by atoms with van der Waals surface area (Å²) in [5.74, 6) is -0.294. The van der Waals surface area contributed by atoms with Crippen molar-refractivity contribution >= 4 is 15.7 Å². The van der Waals surface area contributed by atoms with Crippen LogP contribution in [0, 0.1) is 12.7 Å². The molecule has 1 heterocycles. The van der Waals surface area contributed by atoms with Gasteiger partial charge in [0.2, 0.25) is 10.0 Å². The molecule has 1 fully saturated rings. The molecule has 0 unspecified atom stereocenters. The first kappa shape index (κ1) is 15.2. The topological polar surface area (TPSA) is 61.4 Å². The quantitative estimate of drug-likeness (QED) is 0.844. The van der Waals surface area contributed by atoms with Gasteiger partial charge in [-0.15, -0.1) is 0 Å². The number of halogens is 1. The van der Waals surface area contributed by atoms with Crippen LogP contribution in [0.3, 0.4) is 0 Å². The van der Waals surface area contributed by atoms with E-state index in [9.17, 15) is 12.8 Å². The summed E-state index contributed by atoms with van der Waals surface area (Å²) < 4.78 is 39.6. The molecule has 0 atom stereocenters. The predicted octanol–water partition coefficient (Wildman–Crippen LogP) is 0.781. The van der Waals surface area contributed by atoms with E-state index in [1.54, 1.807) is 6.92 Å².